The van der Waals surface area contributed by atoms with Gasteiger partial charge in [-0.15, -0.1) is 4.68 Å². The standard InChI is InChI=1S/C29H34FN8O2/c1-18-27(35-36-38(18)14-19-3-6-22(7-4-19)33-16-31)20-11-24-28(37(17-34-24)23-8-9-23)25(12-20)40-15-29(2,39)26-10-5-21(30)13-32-26/h5,10-14,17,19,22-23,26,32-33,39H,3-4,6-9,15H2,1-2H3/q+1/b38-14+. The van der Waals surface area contributed by atoms with E-state index >= 15 is 0 Å². The molecule has 208 valence electrons. The number of halogens is 1. The summed E-state index contributed by atoms with van der Waals surface area (Å²) >= 11 is 0. The second-order valence-corrected chi connectivity index (χ2v) is 11.4. The van der Waals surface area contributed by atoms with Gasteiger partial charge >= 0.3 is 0 Å². The van der Waals surface area contributed by atoms with E-state index in [0.29, 0.717) is 17.7 Å². The van der Waals surface area contributed by atoms with E-state index in [-0.39, 0.29) is 18.5 Å². The van der Waals surface area contributed by atoms with Crippen LogP contribution < -0.4 is 15.4 Å². The highest BCUT2D eigenvalue weighted by Gasteiger charge is 2.34. The van der Waals surface area contributed by atoms with Crippen LogP contribution in [0, 0.1) is 17.4 Å². The molecule has 2 unspecified atom stereocenters. The highest BCUT2D eigenvalue weighted by molar-refractivity contribution is 5.87. The molecule has 3 N–H and O–H groups in total. The van der Waals surface area contributed by atoms with Gasteiger partial charge in [0.1, 0.15) is 40.7 Å². The third-order valence-electron chi connectivity index (χ3n) is 8.21. The quantitative estimate of drug-likeness (QED) is 0.253. The van der Waals surface area contributed by atoms with Crippen LogP contribution in [-0.2, 0) is 0 Å². The van der Waals surface area contributed by atoms with Crippen molar-refractivity contribution in [2.45, 2.75) is 76.1 Å². The number of nitriles is 1. The van der Waals surface area contributed by atoms with Crippen molar-refractivity contribution in [3.63, 3.8) is 0 Å². The zero-order valence-corrected chi connectivity index (χ0v) is 22.7. The van der Waals surface area contributed by atoms with E-state index in [2.05, 4.69) is 42.9 Å². The molecule has 3 heterocycles. The summed E-state index contributed by atoms with van der Waals surface area (Å²) < 4.78 is 23.7. The van der Waals surface area contributed by atoms with Crippen molar-refractivity contribution in [2.75, 3.05) is 6.61 Å². The monoisotopic (exact) mass is 545 g/mol. The van der Waals surface area contributed by atoms with E-state index in [1.165, 1.54) is 12.3 Å². The number of fused-ring (bicyclic) bond motifs is 1. The number of benzene rings is 1. The van der Waals surface area contributed by atoms with Gasteiger partial charge < -0.3 is 25.0 Å². The number of nitrogens with zero attached hydrogens (tertiary/aromatic N) is 6. The number of hydrogen-bond acceptors (Lipinski definition) is 8. The van der Waals surface area contributed by atoms with Gasteiger partial charge in [-0.2, -0.15) is 5.26 Å². The molecular weight excluding hydrogens is 511 g/mol. The smallest absolute Gasteiger partial charge is 0.255 e. The van der Waals surface area contributed by atoms with Crippen molar-refractivity contribution in [1.29, 1.82) is 5.26 Å². The molecule has 2 aliphatic heterocycles. The average molecular weight is 546 g/mol. The molecule has 2 aliphatic carbocycles. The van der Waals surface area contributed by atoms with Crippen molar-refractivity contribution < 1.29 is 18.9 Å². The maximum absolute atomic E-state index is 13.4. The lowest BCUT2D eigenvalue weighted by atomic mass is 9.87. The molecule has 2 atom stereocenters. The number of imidazole rings is 1. The molecular formula is C29H34FN8O2+. The van der Waals surface area contributed by atoms with Gasteiger partial charge in [0.2, 0.25) is 0 Å². The van der Waals surface area contributed by atoms with Crippen LogP contribution in [0.2, 0.25) is 0 Å². The molecule has 0 radical (unpaired) electrons. The van der Waals surface area contributed by atoms with Crippen LogP contribution in [0.4, 0.5) is 4.39 Å². The minimum Gasteiger partial charge on any atom is -0.488 e. The molecule has 40 heavy (non-hydrogen) atoms. The van der Waals surface area contributed by atoms with Gasteiger partial charge in [0.15, 0.2) is 11.9 Å². The summed E-state index contributed by atoms with van der Waals surface area (Å²) in [5.74, 6) is 0.591. The molecule has 6 rings (SSSR count). The summed E-state index contributed by atoms with van der Waals surface area (Å²) in [6.45, 7) is 3.66. The lowest BCUT2D eigenvalue weighted by Gasteiger charge is -2.32. The van der Waals surface area contributed by atoms with Crippen LogP contribution in [0.25, 0.3) is 16.7 Å². The summed E-state index contributed by atoms with van der Waals surface area (Å²) in [6.07, 6.45) is 16.3. The first-order valence-corrected chi connectivity index (χ1v) is 13.9. The number of rotatable bonds is 8. The molecule has 0 bridgehead atoms. The number of aliphatic hydroxyl groups is 1. The lowest BCUT2D eigenvalue weighted by molar-refractivity contribution is -0.480. The number of nitrogens with one attached hydrogen (secondary N) is 2. The number of aromatic nitrogens is 2. The van der Waals surface area contributed by atoms with E-state index < -0.39 is 11.6 Å². The number of ether oxygens (including phenoxy) is 1. The zero-order valence-electron chi connectivity index (χ0n) is 22.7. The summed E-state index contributed by atoms with van der Waals surface area (Å²) in [5.41, 5.74) is 2.88. The molecule has 10 nitrogen and oxygen atoms in total. The summed E-state index contributed by atoms with van der Waals surface area (Å²) in [7, 11) is 0. The van der Waals surface area contributed by atoms with Crippen molar-refractivity contribution in [1.82, 2.24) is 20.2 Å². The fourth-order valence-corrected chi connectivity index (χ4v) is 5.62. The van der Waals surface area contributed by atoms with Crippen LogP contribution in [0.5, 0.6) is 5.75 Å². The number of allylic oxidation sites excluding steroid dienone is 3. The third kappa shape index (κ3) is 5.23. The Morgan fingerprint density at radius 1 is 1.30 bits per heavy atom. The van der Waals surface area contributed by atoms with Gasteiger partial charge in [-0.1, -0.05) is 6.08 Å². The second-order valence-electron chi connectivity index (χ2n) is 11.4. The SMILES string of the molecule is CC1=C(c2cc(OCC(C)(O)C3C=CC(F)=CN3)c3c(c2)ncn3C2CC2)N=N/[N+]1=C/C1CCC(NC#N)CC1. The molecule has 2 aromatic rings. The molecule has 4 aliphatic rings. The Morgan fingerprint density at radius 3 is 2.80 bits per heavy atom. The topological polar surface area (TPSA) is 123 Å². The molecule has 0 amide bonds. The molecule has 11 heteroatoms. The van der Waals surface area contributed by atoms with E-state index in [1.807, 2.05) is 30.1 Å². The van der Waals surface area contributed by atoms with Gasteiger partial charge in [0.25, 0.3) is 5.70 Å². The minimum absolute atomic E-state index is 0.0123. The molecule has 0 spiro atoms. The lowest BCUT2D eigenvalue weighted by Crippen LogP contribution is -2.50. The van der Waals surface area contributed by atoms with Crippen LogP contribution in [0.1, 0.15) is 64.0 Å². The van der Waals surface area contributed by atoms with E-state index in [0.717, 1.165) is 66.5 Å². The van der Waals surface area contributed by atoms with Crippen LogP contribution in [0.15, 0.2) is 58.7 Å². The maximum Gasteiger partial charge on any atom is 0.255 e. The maximum atomic E-state index is 13.4. The van der Waals surface area contributed by atoms with Gasteiger partial charge in [0.05, 0.1) is 23.0 Å². The van der Waals surface area contributed by atoms with Gasteiger partial charge in [0, 0.05) is 36.7 Å². The first-order chi connectivity index (χ1) is 19.3. The predicted octanol–water partition coefficient (Wildman–Crippen LogP) is 4.62. The summed E-state index contributed by atoms with van der Waals surface area (Å²) in [4.78, 5) is 4.68. The van der Waals surface area contributed by atoms with Crippen LogP contribution in [0.3, 0.4) is 0 Å². The Balaban J connectivity index is 1.27. The number of dihydropyridines is 1. The molecule has 2 saturated carbocycles. The zero-order chi connectivity index (χ0) is 27.9. The third-order valence-corrected chi connectivity index (χ3v) is 8.21. The Kier molecular flexibility index (Phi) is 6.88. The van der Waals surface area contributed by atoms with Gasteiger partial charge in [-0.3, -0.25) is 0 Å². The van der Waals surface area contributed by atoms with Crippen LogP contribution in [-0.4, -0.2) is 49.8 Å². The van der Waals surface area contributed by atoms with Gasteiger partial charge in [-0.05, 0) is 63.7 Å². The summed E-state index contributed by atoms with van der Waals surface area (Å²) in [6, 6.07) is 4.11. The average Bonchev–Trinajstić information content (AvgIpc) is 3.60. The highest BCUT2D eigenvalue weighted by atomic mass is 19.1. The van der Waals surface area contributed by atoms with Crippen molar-refractivity contribution in [3.05, 3.63) is 53.9 Å². The normalized spacial score (nSPS) is 26.9. The van der Waals surface area contributed by atoms with Gasteiger partial charge in [-0.25, -0.2) is 9.37 Å². The fraction of sp³-hybridized carbons (Fsp3) is 0.483. The molecule has 1 aromatic carbocycles. The molecule has 0 saturated heterocycles. The van der Waals surface area contributed by atoms with Crippen molar-refractivity contribution >= 4 is 22.9 Å². The first kappa shape index (κ1) is 26.2. The molecule has 1 aromatic heterocycles. The van der Waals surface area contributed by atoms with Crippen molar-refractivity contribution in [2.24, 2.45) is 16.3 Å². The first-order valence-electron chi connectivity index (χ1n) is 13.9. The largest absolute Gasteiger partial charge is 0.488 e. The predicted molar refractivity (Wildman–Crippen MR) is 148 cm³/mol. The second kappa shape index (κ2) is 10.5. The Morgan fingerprint density at radius 2 is 2.10 bits per heavy atom. The minimum atomic E-state index is -1.30. The Hall–Kier alpha value is -4.04. The van der Waals surface area contributed by atoms with E-state index in [4.69, 9.17) is 10.00 Å². The number of hydrogen-bond donors (Lipinski definition) is 3. The molecule has 2 fully saturated rings. The summed E-state index contributed by atoms with van der Waals surface area (Å²) in [5, 5.41) is 34.8. The van der Waals surface area contributed by atoms with E-state index in [1.54, 1.807) is 13.0 Å². The Labute approximate surface area is 232 Å². The fourth-order valence-electron chi connectivity index (χ4n) is 5.62. The highest BCUT2D eigenvalue weighted by Crippen LogP contribution is 2.41. The Bertz CT molecular complexity index is 1500. The van der Waals surface area contributed by atoms with E-state index in [9.17, 15) is 9.50 Å². The van der Waals surface area contributed by atoms with Crippen molar-refractivity contribution in [3.8, 4) is 11.9 Å². The van der Waals surface area contributed by atoms with Crippen LogP contribution >= 0.6 is 0 Å².